The molecule has 2 amide bonds. The van der Waals surface area contributed by atoms with E-state index in [1.807, 2.05) is 35.9 Å². The molecule has 2 aliphatic rings. The number of benzene rings is 1. The van der Waals surface area contributed by atoms with Crippen molar-refractivity contribution in [3.8, 4) is 0 Å². The average Bonchev–Trinajstić information content (AvgIpc) is 3.30. The summed E-state index contributed by atoms with van der Waals surface area (Å²) in [5.41, 5.74) is 3.99. The van der Waals surface area contributed by atoms with Crippen LogP contribution in [0.25, 0.3) is 0 Å². The van der Waals surface area contributed by atoms with E-state index in [-0.39, 0.29) is 29.4 Å². The number of fused-ring (bicyclic) bond motifs is 1. The Hall–Kier alpha value is -2.89. The number of ketones is 1. The van der Waals surface area contributed by atoms with Gasteiger partial charge in [-0.3, -0.25) is 14.4 Å². The van der Waals surface area contributed by atoms with Crippen LogP contribution in [0.4, 0.5) is 11.4 Å². The number of aryl methyl sites for hydroxylation is 1. The van der Waals surface area contributed by atoms with E-state index in [2.05, 4.69) is 10.6 Å². The van der Waals surface area contributed by atoms with Crippen LogP contribution < -0.4 is 10.6 Å². The average molecular weight is 379 g/mol. The predicted octanol–water partition coefficient (Wildman–Crippen LogP) is 3.83. The van der Waals surface area contributed by atoms with E-state index >= 15 is 0 Å². The third-order valence-corrected chi connectivity index (χ3v) is 5.89. The van der Waals surface area contributed by atoms with Crippen LogP contribution in [0.1, 0.15) is 66.6 Å². The lowest BCUT2D eigenvalue weighted by Crippen LogP contribution is -2.25. The van der Waals surface area contributed by atoms with E-state index < -0.39 is 0 Å². The van der Waals surface area contributed by atoms with Gasteiger partial charge in [0.1, 0.15) is 0 Å². The number of nitrogens with one attached hydrogen (secondary N) is 2. The van der Waals surface area contributed by atoms with Crippen molar-refractivity contribution in [1.29, 1.82) is 0 Å². The van der Waals surface area contributed by atoms with Crippen molar-refractivity contribution in [2.45, 2.75) is 44.9 Å². The van der Waals surface area contributed by atoms with Gasteiger partial charge in [-0.05, 0) is 43.5 Å². The van der Waals surface area contributed by atoms with Crippen molar-refractivity contribution in [3.05, 3.63) is 47.3 Å². The van der Waals surface area contributed by atoms with Gasteiger partial charge in [-0.2, -0.15) is 0 Å². The number of carbonyl (C=O) groups is 3. The first kappa shape index (κ1) is 18.5. The fourth-order valence-corrected chi connectivity index (χ4v) is 4.36. The third kappa shape index (κ3) is 3.46. The van der Waals surface area contributed by atoms with E-state index in [0.29, 0.717) is 17.7 Å². The molecule has 4 rings (SSSR count). The number of anilines is 2. The first-order chi connectivity index (χ1) is 13.4. The smallest absolute Gasteiger partial charge is 0.227 e. The Balaban J connectivity index is 1.63. The summed E-state index contributed by atoms with van der Waals surface area (Å²) in [4.78, 5) is 36.5. The Labute approximate surface area is 164 Å². The molecule has 1 unspecified atom stereocenters. The normalized spacial score (nSPS) is 19.2. The van der Waals surface area contributed by atoms with Gasteiger partial charge in [-0.15, -0.1) is 0 Å². The maximum Gasteiger partial charge on any atom is 0.227 e. The molecule has 0 radical (unpaired) electrons. The summed E-state index contributed by atoms with van der Waals surface area (Å²) in [7, 11) is 1.89. The van der Waals surface area contributed by atoms with Crippen molar-refractivity contribution >= 4 is 29.0 Å². The molecule has 0 spiro atoms. The van der Waals surface area contributed by atoms with Crippen molar-refractivity contribution < 1.29 is 14.4 Å². The Morgan fingerprint density at radius 2 is 1.93 bits per heavy atom. The Kier molecular flexibility index (Phi) is 4.79. The highest BCUT2D eigenvalue weighted by atomic mass is 16.2. The SMILES string of the molecule is CC(=O)c1cc(C2CC(=O)Nc3cc(NC(=O)C4CCCC4)ccc32)n(C)c1. The number of hydrogen-bond donors (Lipinski definition) is 2. The number of amides is 2. The highest BCUT2D eigenvalue weighted by Gasteiger charge is 2.29. The zero-order valence-corrected chi connectivity index (χ0v) is 16.2. The first-order valence-corrected chi connectivity index (χ1v) is 9.84. The van der Waals surface area contributed by atoms with E-state index in [4.69, 9.17) is 0 Å². The summed E-state index contributed by atoms with van der Waals surface area (Å²) in [5.74, 6) is -0.0347. The Morgan fingerprint density at radius 1 is 1.18 bits per heavy atom. The lowest BCUT2D eigenvalue weighted by molar-refractivity contribution is -0.119. The van der Waals surface area contributed by atoms with Crippen molar-refractivity contribution in [2.75, 3.05) is 10.6 Å². The van der Waals surface area contributed by atoms with Gasteiger partial charge in [-0.25, -0.2) is 0 Å². The molecule has 2 aromatic rings. The summed E-state index contributed by atoms with van der Waals surface area (Å²) in [6, 6.07) is 7.56. The van der Waals surface area contributed by atoms with Crippen LogP contribution in [0.15, 0.2) is 30.5 Å². The predicted molar refractivity (Wildman–Crippen MR) is 108 cm³/mol. The molecule has 6 heteroatoms. The number of hydrogen-bond acceptors (Lipinski definition) is 3. The number of carbonyl (C=O) groups excluding carboxylic acids is 3. The highest BCUT2D eigenvalue weighted by Crippen LogP contribution is 2.39. The summed E-state index contributed by atoms with van der Waals surface area (Å²) in [5, 5.41) is 5.92. The van der Waals surface area contributed by atoms with Gasteiger partial charge in [0.2, 0.25) is 11.8 Å². The largest absolute Gasteiger partial charge is 0.353 e. The fraction of sp³-hybridized carbons (Fsp3) is 0.409. The molecule has 1 saturated carbocycles. The molecule has 28 heavy (non-hydrogen) atoms. The molecule has 0 bridgehead atoms. The molecule has 1 aliphatic heterocycles. The standard InChI is InChI=1S/C22H25N3O3/c1-13(26)15-9-20(25(2)12-15)18-11-21(27)24-19-10-16(7-8-17(18)19)23-22(28)14-5-3-4-6-14/h7-10,12,14,18H,3-6,11H2,1-2H3,(H,23,28)(H,24,27). The number of aromatic nitrogens is 1. The Bertz CT molecular complexity index is 954. The topological polar surface area (TPSA) is 80.2 Å². The van der Waals surface area contributed by atoms with Crippen LogP contribution in [-0.2, 0) is 16.6 Å². The Morgan fingerprint density at radius 3 is 2.61 bits per heavy atom. The molecule has 2 heterocycles. The molecule has 1 aliphatic carbocycles. The van der Waals surface area contributed by atoms with Gasteiger partial charge in [-0.1, -0.05) is 18.9 Å². The van der Waals surface area contributed by atoms with Crippen molar-refractivity contribution in [2.24, 2.45) is 13.0 Å². The van der Waals surface area contributed by atoms with Gasteiger partial charge < -0.3 is 15.2 Å². The minimum atomic E-state index is -0.124. The zero-order chi connectivity index (χ0) is 19.8. The number of rotatable bonds is 4. The second kappa shape index (κ2) is 7.26. The molecule has 1 fully saturated rings. The summed E-state index contributed by atoms with van der Waals surface area (Å²) in [6.45, 7) is 1.54. The lowest BCUT2D eigenvalue weighted by Gasteiger charge is -2.27. The van der Waals surface area contributed by atoms with Crippen LogP contribution in [0.5, 0.6) is 0 Å². The first-order valence-electron chi connectivity index (χ1n) is 9.84. The van der Waals surface area contributed by atoms with E-state index in [1.54, 1.807) is 13.1 Å². The fourth-order valence-electron chi connectivity index (χ4n) is 4.36. The van der Waals surface area contributed by atoms with E-state index in [9.17, 15) is 14.4 Å². The van der Waals surface area contributed by atoms with Gasteiger partial charge >= 0.3 is 0 Å². The van der Waals surface area contributed by atoms with E-state index in [0.717, 1.165) is 42.6 Å². The summed E-state index contributed by atoms with van der Waals surface area (Å²) >= 11 is 0. The highest BCUT2D eigenvalue weighted by molar-refractivity contribution is 5.98. The van der Waals surface area contributed by atoms with Gasteiger partial charge in [0.25, 0.3) is 0 Å². The summed E-state index contributed by atoms with van der Waals surface area (Å²) in [6.07, 6.45) is 6.25. The molecular formula is C22H25N3O3. The maximum absolute atomic E-state index is 12.4. The van der Waals surface area contributed by atoms with Crippen LogP contribution in [-0.4, -0.2) is 22.2 Å². The molecular weight excluding hydrogens is 354 g/mol. The molecule has 1 aromatic heterocycles. The van der Waals surface area contributed by atoms with Crippen LogP contribution in [0.2, 0.25) is 0 Å². The monoisotopic (exact) mass is 379 g/mol. The van der Waals surface area contributed by atoms with Crippen LogP contribution in [0, 0.1) is 5.92 Å². The van der Waals surface area contributed by atoms with Crippen molar-refractivity contribution in [3.63, 3.8) is 0 Å². The second-order valence-corrected chi connectivity index (χ2v) is 7.90. The van der Waals surface area contributed by atoms with Gasteiger partial charge in [0, 0.05) is 54.1 Å². The third-order valence-electron chi connectivity index (χ3n) is 5.89. The lowest BCUT2D eigenvalue weighted by atomic mass is 9.87. The molecule has 1 aromatic carbocycles. The maximum atomic E-state index is 12.4. The molecule has 1 atom stereocenters. The minimum absolute atomic E-state index is 0.00677. The van der Waals surface area contributed by atoms with Gasteiger partial charge in [0.05, 0.1) is 0 Å². The second-order valence-electron chi connectivity index (χ2n) is 7.90. The molecule has 6 nitrogen and oxygen atoms in total. The number of Topliss-reactive ketones (excluding diaryl/α,β-unsaturated/α-hetero) is 1. The zero-order valence-electron chi connectivity index (χ0n) is 16.2. The van der Waals surface area contributed by atoms with Crippen molar-refractivity contribution in [1.82, 2.24) is 4.57 Å². The van der Waals surface area contributed by atoms with Gasteiger partial charge in [0.15, 0.2) is 5.78 Å². The molecule has 146 valence electrons. The number of nitrogens with zero attached hydrogens (tertiary/aromatic N) is 1. The quantitative estimate of drug-likeness (QED) is 0.792. The molecule has 0 saturated heterocycles. The van der Waals surface area contributed by atoms with Crippen LogP contribution in [0.3, 0.4) is 0 Å². The summed E-state index contributed by atoms with van der Waals surface area (Å²) < 4.78 is 1.92. The molecule has 2 N–H and O–H groups in total. The van der Waals surface area contributed by atoms with E-state index in [1.165, 1.54) is 0 Å². The van der Waals surface area contributed by atoms with Crippen LogP contribution >= 0.6 is 0 Å². The minimum Gasteiger partial charge on any atom is -0.353 e.